The van der Waals surface area contributed by atoms with Crippen molar-refractivity contribution in [3.05, 3.63) is 35.9 Å². The number of hydrogen-bond acceptors (Lipinski definition) is 2. The monoisotopic (exact) mass is 219 g/mol. The Bertz CT molecular complexity index is 410. The maximum absolute atomic E-state index is 11.9. The van der Waals surface area contributed by atoms with Crippen LogP contribution >= 0.6 is 0 Å². The van der Waals surface area contributed by atoms with Crippen LogP contribution in [0.3, 0.4) is 0 Å². The zero-order chi connectivity index (χ0) is 12.1. The van der Waals surface area contributed by atoms with Crippen LogP contribution in [0.25, 0.3) is 0 Å². The molecule has 1 aromatic rings. The lowest BCUT2D eigenvalue weighted by Crippen LogP contribution is -2.26. The summed E-state index contributed by atoms with van der Waals surface area (Å²) < 4.78 is 0. The number of amides is 1. The van der Waals surface area contributed by atoms with Gasteiger partial charge in [-0.1, -0.05) is 19.1 Å². The molecule has 3 heteroatoms. The first-order valence-electron chi connectivity index (χ1n) is 5.30. The van der Waals surface area contributed by atoms with Crippen molar-refractivity contribution in [2.45, 2.75) is 20.3 Å². The maximum atomic E-state index is 11.9. The normalized spacial score (nSPS) is 11.3. The summed E-state index contributed by atoms with van der Waals surface area (Å²) in [6, 6.07) is 6.65. The first kappa shape index (κ1) is 12.3. The minimum absolute atomic E-state index is 0.0487. The highest BCUT2D eigenvalue weighted by Crippen LogP contribution is 2.20. The molecule has 16 heavy (non-hydrogen) atoms. The highest BCUT2D eigenvalue weighted by atomic mass is 16.3. The highest BCUT2D eigenvalue weighted by molar-refractivity contribution is 6.04. The van der Waals surface area contributed by atoms with E-state index in [2.05, 4.69) is 0 Å². The van der Waals surface area contributed by atoms with Crippen LogP contribution in [0.2, 0.25) is 0 Å². The van der Waals surface area contributed by atoms with Gasteiger partial charge in [-0.15, -0.1) is 0 Å². The lowest BCUT2D eigenvalue weighted by molar-refractivity contribution is -0.114. The molecular formula is C13H17NO2. The number of phenols is 1. The molecule has 1 aromatic carbocycles. The second-order valence-corrected chi connectivity index (χ2v) is 3.68. The van der Waals surface area contributed by atoms with Gasteiger partial charge in [0.25, 0.3) is 5.91 Å². The van der Waals surface area contributed by atoms with E-state index < -0.39 is 0 Å². The van der Waals surface area contributed by atoms with E-state index in [0.29, 0.717) is 11.3 Å². The van der Waals surface area contributed by atoms with Gasteiger partial charge in [0, 0.05) is 24.4 Å². The van der Waals surface area contributed by atoms with Gasteiger partial charge >= 0.3 is 0 Å². The zero-order valence-corrected chi connectivity index (χ0v) is 9.90. The van der Waals surface area contributed by atoms with Gasteiger partial charge in [-0.05, 0) is 25.5 Å². The molecule has 0 spiro atoms. The molecule has 0 heterocycles. The van der Waals surface area contributed by atoms with E-state index in [1.165, 1.54) is 4.90 Å². The fourth-order valence-electron chi connectivity index (χ4n) is 1.48. The predicted octanol–water partition coefficient (Wildman–Crippen LogP) is 2.71. The fourth-order valence-corrected chi connectivity index (χ4v) is 1.48. The number of rotatable bonds is 3. The molecule has 0 radical (unpaired) electrons. The summed E-state index contributed by atoms with van der Waals surface area (Å²) in [5.74, 6) is 0.113. The summed E-state index contributed by atoms with van der Waals surface area (Å²) in [5, 5.41) is 9.33. The third kappa shape index (κ3) is 2.86. The molecule has 0 aliphatic carbocycles. The molecule has 1 N–H and O–H groups in total. The number of nitrogens with zero attached hydrogens (tertiary/aromatic N) is 1. The van der Waals surface area contributed by atoms with Gasteiger partial charge in [-0.25, -0.2) is 0 Å². The van der Waals surface area contributed by atoms with Crippen molar-refractivity contribution in [1.29, 1.82) is 0 Å². The zero-order valence-electron chi connectivity index (χ0n) is 9.90. The van der Waals surface area contributed by atoms with Crippen LogP contribution in [0, 0.1) is 0 Å². The number of carbonyl (C=O) groups is 1. The van der Waals surface area contributed by atoms with E-state index in [1.807, 2.05) is 13.0 Å². The molecule has 0 fully saturated rings. The molecule has 0 saturated heterocycles. The summed E-state index contributed by atoms with van der Waals surface area (Å²) >= 11 is 0. The van der Waals surface area contributed by atoms with E-state index in [0.717, 1.165) is 6.42 Å². The number of benzene rings is 1. The van der Waals surface area contributed by atoms with Crippen molar-refractivity contribution in [3.63, 3.8) is 0 Å². The Labute approximate surface area is 96.0 Å². The molecule has 1 rings (SSSR count). The molecule has 0 aliphatic heterocycles. The third-order valence-electron chi connectivity index (χ3n) is 2.37. The Morgan fingerprint density at radius 2 is 2.19 bits per heavy atom. The van der Waals surface area contributed by atoms with Crippen LogP contribution in [-0.4, -0.2) is 18.1 Å². The Morgan fingerprint density at radius 3 is 2.75 bits per heavy atom. The summed E-state index contributed by atoms with van der Waals surface area (Å²) in [5.41, 5.74) is 1.40. The Balaban J connectivity index is 2.90. The molecule has 1 amide bonds. The number of anilines is 1. The quantitative estimate of drug-likeness (QED) is 0.794. The first-order chi connectivity index (χ1) is 7.56. The van der Waals surface area contributed by atoms with Crippen molar-refractivity contribution in [3.8, 4) is 5.75 Å². The average Bonchev–Trinajstić information content (AvgIpc) is 2.27. The van der Waals surface area contributed by atoms with Crippen LogP contribution < -0.4 is 4.90 Å². The summed E-state index contributed by atoms with van der Waals surface area (Å²) in [6.45, 7) is 3.79. The van der Waals surface area contributed by atoms with E-state index in [1.54, 1.807) is 38.2 Å². The highest BCUT2D eigenvalue weighted by Gasteiger charge is 2.12. The standard InChI is InChI=1S/C13H17NO2/c1-4-6-10(2)13(16)14(3)11-7-5-8-12(15)9-11/h5-9,15H,4H2,1-3H3/b10-6-. The second kappa shape index (κ2) is 5.35. The van der Waals surface area contributed by atoms with E-state index in [4.69, 9.17) is 0 Å². The number of carbonyl (C=O) groups excluding carboxylic acids is 1. The minimum atomic E-state index is -0.0487. The van der Waals surface area contributed by atoms with E-state index in [-0.39, 0.29) is 11.7 Å². The van der Waals surface area contributed by atoms with Crippen molar-refractivity contribution >= 4 is 11.6 Å². The van der Waals surface area contributed by atoms with Gasteiger partial charge in [0.1, 0.15) is 5.75 Å². The van der Waals surface area contributed by atoms with Crippen molar-refractivity contribution in [1.82, 2.24) is 0 Å². The Hall–Kier alpha value is -1.77. The molecular weight excluding hydrogens is 202 g/mol. The number of phenolic OH excluding ortho intramolecular Hbond substituents is 1. The molecule has 0 bridgehead atoms. The average molecular weight is 219 g/mol. The summed E-state index contributed by atoms with van der Waals surface area (Å²) in [7, 11) is 1.70. The molecule has 86 valence electrons. The van der Waals surface area contributed by atoms with Crippen molar-refractivity contribution in [2.24, 2.45) is 0 Å². The van der Waals surface area contributed by atoms with Gasteiger partial charge in [-0.3, -0.25) is 4.79 Å². The largest absolute Gasteiger partial charge is 0.508 e. The summed E-state index contributed by atoms with van der Waals surface area (Å²) in [6.07, 6.45) is 2.73. The third-order valence-corrected chi connectivity index (χ3v) is 2.37. The first-order valence-corrected chi connectivity index (χ1v) is 5.30. The smallest absolute Gasteiger partial charge is 0.253 e. The molecule has 0 aliphatic rings. The number of hydrogen-bond donors (Lipinski definition) is 1. The van der Waals surface area contributed by atoms with Gasteiger partial charge in [0.05, 0.1) is 0 Å². The van der Waals surface area contributed by atoms with Gasteiger partial charge in [-0.2, -0.15) is 0 Å². The lowest BCUT2D eigenvalue weighted by Gasteiger charge is -2.17. The molecule has 0 atom stereocenters. The number of likely N-dealkylation sites (N-methyl/N-ethyl adjacent to an activating group) is 1. The number of allylic oxidation sites excluding steroid dienone is 1. The van der Waals surface area contributed by atoms with Crippen LogP contribution in [0.5, 0.6) is 5.75 Å². The molecule has 0 aromatic heterocycles. The second-order valence-electron chi connectivity index (χ2n) is 3.68. The Kier molecular flexibility index (Phi) is 4.11. The predicted molar refractivity (Wildman–Crippen MR) is 65.6 cm³/mol. The minimum Gasteiger partial charge on any atom is -0.508 e. The SMILES string of the molecule is CC/C=C(/C)C(=O)N(C)c1cccc(O)c1. The maximum Gasteiger partial charge on any atom is 0.253 e. The van der Waals surface area contributed by atoms with E-state index in [9.17, 15) is 9.90 Å². The van der Waals surface area contributed by atoms with Gasteiger partial charge < -0.3 is 10.0 Å². The van der Waals surface area contributed by atoms with Crippen molar-refractivity contribution in [2.75, 3.05) is 11.9 Å². The molecule has 3 nitrogen and oxygen atoms in total. The topological polar surface area (TPSA) is 40.5 Å². The molecule has 0 saturated carbocycles. The van der Waals surface area contributed by atoms with Gasteiger partial charge in [0.15, 0.2) is 0 Å². The van der Waals surface area contributed by atoms with Crippen LogP contribution in [0.15, 0.2) is 35.9 Å². The van der Waals surface area contributed by atoms with Crippen LogP contribution in [0.4, 0.5) is 5.69 Å². The van der Waals surface area contributed by atoms with Crippen molar-refractivity contribution < 1.29 is 9.90 Å². The Morgan fingerprint density at radius 1 is 1.50 bits per heavy atom. The van der Waals surface area contributed by atoms with Crippen LogP contribution in [-0.2, 0) is 4.79 Å². The van der Waals surface area contributed by atoms with Crippen LogP contribution in [0.1, 0.15) is 20.3 Å². The number of aromatic hydroxyl groups is 1. The summed E-state index contributed by atoms with van der Waals surface area (Å²) in [4.78, 5) is 13.4. The van der Waals surface area contributed by atoms with E-state index >= 15 is 0 Å². The van der Waals surface area contributed by atoms with Gasteiger partial charge in [0.2, 0.25) is 0 Å². The molecule has 0 unspecified atom stereocenters. The lowest BCUT2D eigenvalue weighted by atomic mass is 10.2. The fraction of sp³-hybridized carbons (Fsp3) is 0.308.